The minimum atomic E-state index is -1.14. The van der Waals surface area contributed by atoms with E-state index in [-0.39, 0.29) is 19.1 Å². The molecule has 1 heterocycles. The average molecular weight is 416 g/mol. The Morgan fingerprint density at radius 3 is 2.10 bits per heavy atom. The van der Waals surface area contributed by atoms with Gasteiger partial charge in [0.1, 0.15) is 18.1 Å². The van der Waals surface area contributed by atoms with Crippen molar-refractivity contribution < 1.29 is 19.1 Å². The lowest BCUT2D eigenvalue weighted by Crippen LogP contribution is -2.46. The van der Waals surface area contributed by atoms with Gasteiger partial charge >= 0.3 is 6.03 Å². The Labute approximate surface area is 181 Å². The lowest BCUT2D eigenvalue weighted by atomic mass is 9.83. The molecule has 0 saturated carbocycles. The van der Waals surface area contributed by atoms with E-state index >= 15 is 0 Å². The third-order valence-electron chi connectivity index (χ3n) is 5.40. The first-order valence-electron chi connectivity index (χ1n) is 10.1. The zero-order chi connectivity index (χ0) is 21.7. The summed E-state index contributed by atoms with van der Waals surface area (Å²) in [6, 6.07) is 25.8. The highest BCUT2D eigenvalue weighted by Gasteiger charge is 2.52. The molecule has 1 aliphatic rings. The summed E-state index contributed by atoms with van der Waals surface area (Å²) in [5.74, 6) is 1.10. The maximum atomic E-state index is 13.5. The highest BCUT2D eigenvalue weighted by molar-refractivity contribution is 6.07. The number of ether oxygens (including phenoxy) is 2. The summed E-state index contributed by atoms with van der Waals surface area (Å²) >= 11 is 0. The summed E-state index contributed by atoms with van der Waals surface area (Å²) in [5.41, 5.74) is 0.590. The molecule has 3 aromatic rings. The van der Waals surface area contributed by atoms with Gasteiger partial charge in [-0.2, -0.15) is 0 Å². The Morgan fingerprint density at radius 2 is 1.45 bits per heavy atom. The third-order valence-corrected chi connectivity index (χ3v) is 5.40. The van der Waals surface area contributed by atoms with Crippen molar-refractivity contribution in [2.24, 2.45) is 0 Å². The predicted molar refractivity (Wildman–Crippen MR) is 117 cm³/mol. The van der Waals surface area contributed by atoms with Crippen LogP contribution in [0.1, 0.15) is 11.1 Å². The van der Waals surface area contributed by atoms with Crippen molar-refractivity contribution in [1.29, 1.82) is 0 Å². The van der Waals surface area contributed by atoms with Gasteiger partial charge in [-0.05, 0) is 35.4 Å². The van der Waals surface area contributed by atoms with Crippen LogP contribution in [0, 0.1) is 0 Å². The topological polar surface area (TPSA) is 67.9 Å². The van der Waals surface area contributed by atoms with Crippen molar-refractivity contribution >= 4 is 11.9 Å². The van der Waals surface area contributed by atoms with Crippen LogP contribution in [0.25, 0.3) is 0 Å². The normalized spacial score (nSPS) is 18.0. The van der Waals surface area contributed by atoms with Gasteiger partial charge in [-0.25, -0.2) is 4.79 Å². The number of hydrogen-bond donors (Lipinski definition) is 1. The van der Waals surface area contributed by atoms with E-state index in [4.69, 9.17) is 9.47 Å². The van der Waals surface area contributed by atoms with Gasteiger partial charge in [0.2, 0.25) is 0 Å². The zero-order valence-electron chi connectivity index (χ0n) is 17.3. The van der Waals surface area contributed by atoms with E-state index in [1.165, 1.54) is 4.90 Å². The van der Waals surface area contributed by atoms with Gasteiger partial charge in [0, 0.05) is 6.42 Å². The van der Waals surface area contributed by atoms with Gasteiger partial charge in [0.15, 0.2) is 5.54 Å². The molecule has 1 atom stereocenters. The second-order valence-electron chi connectivity index (χ2n) is 7.34. The molecule has 31 heavy (non-hydrogen) atoms. The summed E-state index contributed by atoms with van der Waals surface area (Å²) in [6.45, 7) is 0.349. The second kappa shape index (κ2) is 8.92. The van der Waals surface area contributed by atoms with E-state index < -0.39 is 11.6 Å². The van der Waals surface area contributed by atoms with Crippen LogP contribution in [0.2, 0.25) is 0 Å². The summed E-state index contributed by atoms with van der Waals surface area (Å²) in [6.07, 6.45) is 0.373. The fourth-order valence-corrected chi connectivity index (χ4v) is 3.80. The molecular weight excluding hydrogens is 392 g/mol. The van der Waals surface area contributed by atoms with Crippen molar-refractivity contribution in [2.45, 2.75) is 12.0 Å². The third kappa shape index (κ3) is 4.23. The van der Waals surface area contributed by atoms with Crippen molar-refractivity contribution in [2.75, 3.05) is 20.3 Å². The highest BCUT2D eigenvalue weighted by Crippen LogP contribution is 2.33. The summed E-state index contributed by atoms with van der Waals surface area (Å²) < 4.78 is 10.9. The van der Waals surface area contributed by atoms with Crippen molar-refractivity contribution in [3.63, 3.8) is 0 Å². The minimum Gasteiger partial charge on any atom is -0.497 e. The molecule has 3 amide bonds. The molecule has 1 fully saturated rings. The molecule has 1 unspecified atom stereocenters. The quantitative estimate of drug-likeness (QED) is 0.568. The van der Waals surface area contributed by atoms with Crippen LogP contribution in [0.15, 0.2) is 84.9 Å². The van der Waals surface area contributed by atoms with E-state index in [1.54, 1.807) is 31.4 Å². The number of carbonyl (C=O) groups excluding carboxylic acids is 2. The number of benzene rings is 3. The van der Waals surface area contributed by atoms with E-state index in [9.17, 15) is 9.59 Å². The lowest BCUT2D eigenvalue weighted by molar-refractivity contribution is -0.131. The molecule has 0 radical (unpaired) electrons. The van der Waals surface area contributed by atoms with Gasteiger partial charge in [0.05, 0.1) is 13.7 Å². The number of urea groups is 1. The molecule has 0 bridgehead atoms. The maximum absolute atomic E-state index is 13.5. The first-order chi connectivity index (χ1) is 15.1. The first kappa shape index (κ1) is 20.5. The van der Waals surface area contributed by atoms with E-state index in [0.717, 1.165) is 16.9 Å². The van der Waals surface area contributed by atoms with Gasteiger partial charge < -0.3 is 14.8 Å². The smallest absolute Gasteiger partial charge is 0.325 e. The number of nitrogens with zero attached hydrogens (tertiary/aromatic N) is 1. The minimum absolute atomic E-state index is 0.153. The highest BCUT2D eigenvalue weighted by atomic mass is 16.5. The number of nitrogens with one attached hydrogen (secondary N) is 1. The molecule has 1 saturated heterocycles. The van der Waals surface area contributed by atoms with Crippen LogP contribution in [0.4, 0.5) is 4.79 Å². The van der Waals surface area contributed by atoms with Crippen LogP contribution in [0.3, 0.4) is 0 Å². The molecule has 0 aliphatic carbocycles. The first-order valence-corrected chi connectivity index (χ1v) is 10.1. The molecule has 0 aromatic heterocycles. The summed E-state index contributed by atoms with van der Waals surface area (Å²) in [5, 5.41) is 2.96. The number of methoxy groups -OCH3 is 1. The number of rotatable bonds is 8. The molecule has 0 spiro atoms. The monoisotopic (exact) mass is 416 g/mol. The van der Waals surface area contributed by atoms with Crippen LogP contribution >= 0.6 is 0 Å². The average Bonchev–Trinajstić information content (AvgIpc) is 3.05. The molecule has 158 valence electrons. The number of carbonyl (C=O) groups is 2. The number of imide groups is 1. The number of hydrogen-bond acceptors (Lipinski definition) is 4. The molecule has 1 N–H and O–H groups in total. The largest absolute Gasteiger partial charge is 0.497 e. The van der Waals surface area contributed by atoms with Gasteiger partial charge in [0.25, 0.3) is 5.91 Å². The summed E-state index contributed by atoms with van der Waals surface area (Å²) in [4.78, 5) is 27.6. The fourth-order valence-electron chi connectivity index (χ4n) is 3.80. The maximum Gasteiger partial charge on any atom is 0.325 e. The molecule has 4 rings (SSSR count). The van der Waals surface area contributed by atoms with E-state index in [1.807, 2.05) is 60.7 Å². The molecule has 3 aromatic carbocycles. The fraction of sp³-hybridized carbons (Fsp3) is 0.200. The van der Waals surface area contributed by atoms with Crippen LogP contribution < -0.4 is 14.8 Å². The molecule has 1 aliphatic heterocycles. The van der Waals surface area contributed by atoms with Gasteiger partial charge in [-0.15, -0.1) is 0 Å². The molecular formula is C25H24N2O4. The second-order valence-corrected chi connectivity index (χ2v) is 7.34. The van der Waals surface area contributed by atoms with Crippen LogP contribution in [0.5, 0.6) is 11.5 Å². The van der Waals surface area contributed by atoms with Crippen molar-refractivity contribution in [1.82, 2.24) is 10.2 Å². The number of amides is 3. The SMILES string of the molecule is COc1ccc(OCCN2C(=O)NC(Cc3ccccc3)(c3ccccc3)C2=O)cc1. The Hall–Kier alpha value is -3.80. The summed E-state index contributed by atoms with van der Waals surface area (Å²) in [7, 11) is 1.60. The predicted octanol–water partition coefficient (Wildman–Crippen LogP) is 3.76. The molecule has 6 nitrogen and oxygen atoms in total. The van der Waals surface area contributed by atoms with Gasteiger partial charge in [-0.3, -0.25) is 9.69 Å². The van der Waals surface area contributed by atoms with E-state index in [2.05, 4.69) is 5.32 Å². The Kier molecular flexibility index (Phi) is 5.89. The Balaban J connectivity index is 1.52. The molecule has 6 heteroatoms. The van der Waals surface area contributed by atoms with Gasteiger partial charge in [-0.1, -0.05) is 60.7 Å². The van der Waals surface area contributed by atoms with Crippen LogP contribution in [-0.4, -0.2) is 37.1 Å². The standard InChI is InChI=1S/C25H24N2O4/c1-30-21-12-14-22(15-13-21)31-17-16-27-23(28)25(26-24(27)29,20-10-6-3-7-11-20)18-19-8-4-2-5-9-19/h2-15H,16-18H2,1H3,(H,26,29). The van der Waals surface area contributed by atoms with Crippen molar-refractivity contribution in [3.8, 4) is 11.5 Å². The Bertz CT molecular complexity index is 1040. The van der Waals surface area contributed by atoms with E-state index in [0.29, 0.717) is 12.2 Å². The zero-order valence-corrected chi connectivity index (χ0v) is 17.3. The Morgan fingerprint density at radius 1 is 0.839 bits per heavy atom. The lowest BCUT2D eigenvalue weighted by Gasteiger charge is -2.27. The van der Waals surface area contributed by atoms with Crippen molar-refractivity contribution in [3.05, 3.63) is 96.1 Å². The van der Waals surface area contributed by atoms with Crippen LogP contribution in [-0.2, 0) is 16.8 Å².